The van der Waals surface area contributed by atoms with Crippen LogP contribution in [-0.2, 0) is 10.0 Å². The van der Waals surface area contributed by atoms with Crippen molar-refractivity contribution in [1.29, 1.82) is 0 Å². The van der Waals surface area contributed by atoms with Crippen molar-refractivity contribution in [2.24, 2.45) is 5.73 Å². The summed E-state index contributed by atoms with van der Waals surface area (Å²) < 4.78 is 27.4. The minimum atomic E-state index is -3.49. The number of nitrogens with one attached hydrogen (secondary N) is 1. The van der Waals surface area contributed by atoms with Crippen LogP contribution in [0.4, 0.5) is 0 Å². The van der Waals surface area contributed by atoms with Crippen molar-refractivity contribution in [2.75, 3.05) is 20.1 Å². The number of nitrogens with two attached hydrogens (primary N) is 1. The van der Waals surface area contributed by atoms with Crippen LogP contribution in [0, 0.1) is 6.92 Å². The second kappa shape index (κ2) is 5.77. The molecule has 20 heavy (non-hydrogen) atoms. The molecule has 1 fully saturated rings. The van der Waals surface area contributed by atoms with E-state index < -0.39 is 10.0 Å². The van der Waals surface area contributed by atoms with E-state index >= 15 is 0 Å². The first-order valence-corrected chi connectivity index (χ1v) is 8.30. The van der Waals surface area contributed by atoms with Gasteiger partial charge in [0.05, 0.1) is 4.90 Å². The first-order chi connectivity index (χ1) is 9.29. The van der Waals surface area contributed by atoms with E-state index in [2.05, 4.69) is 9.62 Å². The van der Waals surface area contributed by atoms with Crippen molar-refractivity contribution >= 4 is 27.2 Å². The Morgan fingerprint density at radius 2 is 2.20 bits per heavy atom. The molecule has 0 radical (unpaired) electrons. The van der Waals surface area contributed by atoms with Crippen molar-refractivity contribution in [2.45, 2.75) is 24.3 Å². The predicted molar refractivity (Wildman–Crippen MR) is 83.3 cm³/mol. The molecule has 5 nitrogen and oxygen atoms in total. The van der Waals surface area contributed by atoms with Crippen molar-refractivity contribution in [3.05, 3.63) is 29.3 Å². The Bertz CT molecular complexity index is 629. The zero-order valence-electron chi connectivity index (χ0n) is 11.6. The van der Waals surface area contributed by atoms with E-state index in [1.165, 1.54) is 0 Å². The number of hydrogen-bond acceptors (Lipinski definition) is 4. The Balaban J connectivity index is 2.21. The Labute approximate surface area is 125 Å². The summed E-state index contributed by atoms with van der Waals surface area (Å²) in [4.78, 5) is 2.63. The number of rotatable bonds is 4. The van der Waals surface area contributed by atoms with E-state index in [1.54, 1.807) is 25.1 Å². The average molecular weight is 313 g/mol. The van der Waals surface area contributed by atoms with Gasteiger partial charge in [-0.1, -0.05) is 18.3 Å². The molecule has 7 heteroatoms. The molecule has 1 unspecified atom stereocenters. The summed E-state index contributed by atoms with van der Waals surface area (Å²) >= 11 is 4.92. The number of likely N-dealkylation sites (N-methyl/N-ethyl adjacent to an activating group) is 1. The van der Waals surface area contributed by atoms with Crippen LogP contribution in [0.2, 0.25) is 0 Å². The van der Waals surface area contributed by atoms with E-state index in [4.69, 9.17) is 18.0 Å². The van der Waals surface area contributed by atoms with Crippen LogP contribution >= 0.6 is 12.2 Å². The molecule has 1 atom stereocenters. The van der Waals surface area contributed by atoms with Crippen molar-refractivity contribution in [3.63, 3.8) is 0 Å². The van der Waals surface area contributed by atoms with Gasteiger partial charge in [-0.15, -0.1) is 0 Å². The molecule has 110 valence electrons. The van der Waals surface area contributed by atoms with Gasteiger partial charge in [-0.3, -0.25) is 0 Å². The summed E-state index contributed by atoms with van der Waals surface area (Å²) in [6.45, 7) is 3.45. The molecule has 1 aromatic carbocycles. The van der Waals surface area contributed by atoms with Gasteiger partial charge in [-0.05, 0) is 44.6 Å². The predicted octanol–water partition coefficient (Wildman–Crippen LogP) is 0.612. The molecule has 2 rings (SSSR count). The van der Waals surface area contributed by atoms with Crippen LogP contribution < -0.4 is 10.5 Å². The fourth-order valence-corrected chi connectivity index (χ4v) is 3.97. The minimum absolute atomic E-state index is 0.0273. The SMILES string of the molecule is Cc1cc(S(=O)(=O)NC2CCN(C)C2)ccc1C(N)=S. The van der Waals surface area contributed by atoms with Gasteiger partial charge in [0.2, 0.25) is 10.0 Å². The van der Waals surface area contributed by atoms with Gasteiger partial charge in [0.25, 0.3) is 0 Å². The first-order valence-electron chi connectivity index (χ1n) is 6.41. The molecule has 1 aliphatic rings. The second-order valence-corrected chi connectivity index (χ2v) is 7.36. The minimum Gasteiger partial charge on any atom is -0.389 e. The Morgan fingerprint density at radius 1 is 1.50 bits per heavy atom. The van der Waals surface area contributed by atoms with E-state index in [-0.39, 0.29) is 15.9 Å². The molecule has 0 aliphatic carbocycles. The highest BCUT2D eigenvalue weighted by Gasteiger charge is 2.25. The lowest BCUT2D eigenvalue weighted by atomic mass is 10.1. The third-order valence-corrected chi connectivity index (χ3v) is 5.22. The molecule has 1 aromatic rings. The summed E-state index contributed by atoms with van der Waals surface area (Å²) in [6, 6.07) is 4.78. The van der Waals surface area contributed by atoms with Crippen molar-refractivity contribution in [1.82, 2.24) is 9.62 Å². The van der Waals surface area contributed by atoms with Crippen LogP contribution in [0.15, 0.2) is 23.1 Å². The number of thiocarbonyl (C=S) groups is 1. The molecule has 0 saturated carbocycles. The van der Waals surface area contributed by atoms with Gasteiger partial charge in [0, 0.05) is 18.2 Å². The average Bonchev–Trinajstić information content (AvgIpc) is 2.73. The molecule has 0 amide bonds. The molecule has 0 aromatic heterocycles. The third kappa shape index (κ3) is 3.35. The number of sulfonamides is 1. The van der Waals surface area contributed by atoms with Gasteiger partial charge >= 0.3 is 0 Å². The van der Waals surface area contributed by atoms with Gasteiger partial charge in [0.1, 0.15) is 4.99 Å². The van der Waals surface area contributed by atoms with Gasteiger partial charge in [0.15, 0.2) is 0 Å². The summed E-state index contributed by atoms with van der Waals surface area (Å²) in [7, 11) is -1.51. The van der Waals surface area contributed by atoms with Crippen LogP contribution in [-0.4, -0.2) is 44.5 Å². The molecule has 1 aliphatic heterocycles. The van der Waals surface area contributed by atoms with E-state index in [0.717, 1.165) is 25.1 Å². The highest BCUT2D eigenvalue weighted by atomic mass is 32.2. The topological polar surface area (TPSA) is 75.4 Å². The zero-order valence-corrected chi connectivity index (χ0v) is 13.2. The normalized spacial score (nSPS) is 20.2. The Hall–Kier alpha value is -1.02. The van der Waals surface area contributed by atoms with Crippen LogP contribution in [0.3, 0.4) is 0 Å². The number of hydrogen-bond donors (Lipinski definition) is 2. The van der Waals surface area contributed by atoms with E-state index in [0.29, 0.717) is 5.56 Å². The van der Waals surface area contributed by atoms with Gasteiger partial charge in [-0.25, -0.2) is 13.1 Å². The Kier molecular flexibility index (Phi) is 4.43. The summed E-state index contributed by atoms with van der Waals surface area (Å²) in [5, 5.41) is 0. The number of nitrogens with zero attached hydrogens (tertiary/aromatic N) is 1. The monoisotopic (exact) mass is 313 g/mol. The molecule has 1 heterocycles. The van der Waals surface area contributed by atoms with Gasteiger partial charge < -0.3 is 10.6 Å². The lowest BCUT2D eigenvalue weighted by Gasteiger charge is -2.14. The maximum absolute atomic E-state index is 12.3. The van der Waals surface area contributed by atoms with Gasteiger partial charge in [-0.2, -0.15) is 0 Å². The highest BCUT2D eigenvalue weighted by molar-refractivity contribution is 7.89. The van der Waals surface area contributed by atoms with Crippen LogP contribution in [0.5, 0.6) is 0 Å². The maximum Gasteiger partial charge on any atom is 0.240 e. The number of benzene rings is 1. The van der Waals surface area contributed by atoms with E-state index in [9.17, 15) is 8.42 Å². The molecule has 1 saturated heterocycles. The largest absolute Gasteiger partial charge is 0.389 e. The lowest BCUT2D eigenvalue weighted by Crippen LogP contribution is -2.36. The summed E-state index contributed by atoms with van der Waals surface area (Å²) in [5.41, 5.74) is 7.06. The first kappa shape index (κ1) is 15.4. The quantitative estimate of drug-likeness (QED) is 0.797. The molecule has 3 N–H and O–H groups in total. The fourth-order valence-electron chi connectivity index (χ4n) is 2.40. The summed E-state index contributed by atoms with van der Waals surface area (Å²) in [6.07, 6.45) is 0.833. The van der Waals surface area contributed by atoms with Crippen LogP contribution in [0.1, 0.15) is 17.5 Å². The lowest BCUT2D eigenvalue weighted by molar-refractivity contribution is 0.407. The zero-order chi connectivity index (χ0) is 14.9. The third-order valence-electron chi connectivity index (χ3n) is 3.49. The molecule has 0 bridgehead atoms. The van der Waals surface area contributed by atoms with Crippen LogP contribution in [0.25, 0.3) is 0 Å². The molecule has 0 spiro atoms. The second-order valence-electron chi connectivity index (χ2n) is 5.21. The summed E-state index contributed by atoms with van der Waals surface area (Å²) in [5.74, 6) is 0. The number of aryl methyl sites for hydroxylation is 1. The maximum atomic E-state index is 12.3. The highest BCUT2D eigenvalue weighted by Crippen LogP contribution is 2.17. The standard InChI is InChI=1S/C13H19N3O2S2/c1-9-7-11(3-4-12(9)13(14)19)20(17,18)15-10-5-6-16(2)8-10/h3-4,7,10,15H,5-6,8H2,1-2H3,(H2,14,19). The smallest absolute Gasteiger partial charge is 0.240 e. The Morgan fingerprint density at radius 3 is 2.70 bits per heavy atom. The fraction of sp³-hybridized carbons (Fsp3) is 0.462. The number of likely N-dealkylation sites (tertiary alicyclic amines) is 1. The van der Waals surface area contributed by atoms with E-state index in [1.807, 2.05) is 7.05 Å². The molecular formula is C13H19N3O2S2. The van der Waals surface area contributed by atoms with Crippen molar-refractivity contribution < 1.29 is 8.42 Å². The molecular weight excluding hydrogens is 294 g/mol. The van der Waals surface area contributed by atoms with Crippen molar-refractivity contribution in [3.8, 4) is 0 Å².